The van der Waals surface area contributed by atoms with Crippen LogP contribution in [0.4, 0.5) is 16.2 Å². The molecule has 15 nitrogen and oxygen atoms in total. The molecule has 4 aromatic rings. The first-order valence-corrected chi connectivity index (χ1v) is 23.5. The number of nitrogens with two attached hydrogens (primary N) is 2. The lowest BCUT2D eigenvalue weighted by atomic mass is 9.98. The molecule has 9 rings (SSSR count). The highest BCUT2D eigenvalue weighted by molar-refractivity contribution is 6.01. The molecule has 68 heavy (non-hydrogen) atoms. The van der Waals surface area contributed by atoms with Crippen LogP contribution in [0.3, 0.4) is 0 Å². The normalized spacial score (nSPS) is 21.0. The van der Waals surface area contributed by atoms with Gasteiger partial charge in [0, 0.05) is 49.1 Å². The van der Waals surface area contributed by atoms with E-state index in [-0.39, 0.29) is 54.3 Å². The second-order valence-electron chi connectivity index (χ2n) is 18.2. The van der Waals surface area contributed by atoms with Crippen molar-refractivity contribution in [2.45, 2.75) is 75.3 Å². The molecule has 4 aromatic carbocycles. The molecule has 4 heterocycles. The van der Waals surface area contributed by atoms with E-state index >= 15 is 0 Å². The summed E-state index contributed by atoms with van der Waals surface area (Å²) in [5.74, 6) is 1.07. The van der Waals surface area contributed by atoms with E-state index in [0.29, 0.717) is 93.0 Å². The highest BCUT2D eigenvalue weighted by Crippen LogP contribution is 2.45. The fourth-order valence-electron chi connectivity index (χ4n) is 10.4. The molecule has 4 aliphatic heterocycles. The summed E-state index contributed by atoms with van der Waals surface area (Å²) in [6.45, 7) is 11.4. The van der Waals surface area contributed by atoms with Crippen LogP contribution in [0.15, 0.2) is 97.1 Å². The van der Waals surface area contributed by atoms with Crippen LogP contribution < -0.4 is 30.4 Å². The smallest absolute Gasteiger partial charge is 0.412 e. The Kier molecular flexibility index (Phi) is 13.8. The van der Waals surface area contributed by atoms with Gasteiger partial charge >= 0.3 is 6.09 Å². The van der Waals surface area contributed by atoms with Crippen molar-refractivity contribution in [3.63, 3.8) is 0 Å². The van der Waals surface area contributed by atoms with Gasteiger partial charge in [-0.25, -0.2) is 4.79 Å². The average molecular weight is 928 g/mol. The van der Waals surface area contributed by atoms with Crippen LogP contribution >= 0.6 is 0 Å². The van der Waals surface area contributed by atoms with Gasteiger partial charge < -0.3 is 54.4 Å². The van der Waals surface area contributed by atoms with Crippen LogP contribution in [-0.4, -0.2) is 124 Å². The number of methoxy groups -OCH3 is 2. The molecular formula is C53H61N5O10. The van der Waals surface area contributed by atoms with E-state index in [0.717, 1.165) is 59.1 Å². The third kappa shape index (κ3) is 9.29. The fourth-order valence-corrected chi connectivity index (χ4v) is 10.4. The lowest BCUT2D eigenvalue weighted by Gasteiger charge is -2.33. The van der Waals surface area contributed by atoms with Gasteiger partial charge in [-0.2, -0.15) is 0 Å². The van der Waals surface area contributed by atoms with Crippen LogP contribution in [0.5, 0.6) is 23.0 Å². The SMILES string of the molecule is C=C1C[C@@H](C2CCCO2)N(C(=O)c2cc(OC)c(OCCCCCOc3cc(N)c(C(=O)N4CC(=C)C[C@H]4C4OCCN4C(=O)OCC4c5ccccc5-c5ccccc54)cc3OC)cc2N)C1. The predicted molar refractivity (Wildman–Crippen MR) is 257 cm³/mol. The Balaban J connectivity index is 0.767. The van der Waals surface area contributed by atoms with Gasteiger partial charge in [-0.1, -0.05) is 72.8 Å². The molecule has 2 unspecified atom stereocenters. The fraction of sp³-hybridized carbons (Fsp3) is 0.415. The average Bonchev–Trinajstić information content (AvgIpc) is 4.21. The van der Waals surface area contributed by atoms with Crippen LogP contribution in [0.2, 0.25) is 0 Å². The Morgan fingerprint density at radius 3 is 1.76 bits per heavy atom. The van der Waals surface area contributed by atoms with Gasteiger partial charge in [-0.3, -0.25) is 14.5 Å². The summed E-state index contributed by atoms with van der Waals surface area (Å²) in [5, 5.41) is 0. The number of ether oxygens (including phenoxy) is 7. The van der Waals surface area contributed by atoms with Gasteiger partial charge in [0.2, 0.25) is 0 Å². The zero-order valence-electron chi connectivity index (χ0n) is 38.9. The summed E-state index contributed by atoms with van der Waals surface area (Å²) in [4.78, 5) is 46.9. The van der Waals surface area contributed by atoms with Crippen LogP contribution in [0.1, 0.15) is 82.7 Å². The summed E-state index contributed by atoms with van der Waals surface area (Å²) < 4.78 is 41.6. The number of fused-ring (bicyclic) bond motifs is 3. The molecule has 5 aliphatic rings. The Morgan fingerprint density at radius 2 is 1.22 bits per heavy atom. The number of anilines is 2. The number of nitrogens with zero attached hydrogens (tertiary/aromatic N) is 3. The van der Waals surface area contributed by atoms with Gasteiger partial charge in [0.1, 0.15) is 6.61 Å². The molecule has 0 bridgehead atoms. The maximum atomic E-state index is 14.3. The van der Waals surface area contributed by atoms with Crippen molar-refractivity contribution in [3.05, 3.63) is 119 Å². The van der Waals surface area contributed by atoms with Crippen molar-refractivity contribution < 1.29 is 47.5 Å². The number of amides is 3. The molecule has 4 atom stereocenters. The zero-order chi connectivity index (χ0) is 47.5. The van der Waals surface area contributed by atoms with Gasteiger partial charge in [-0.15, -0.1) is 0 Å². The van der Waals surface area contributed by atoms with Crippen molar-refractivity contribution in [1.29, 1.82) is 0 Å². The van der Waals surface area contributed by atoms with Crippen molar-refractivity contribution >= 4 is 29.3 Å². The molecule has 3 amide bonds. The van der Waals surface area contributed by atoms with Crippen LogP contribution in [-0.2, 0) is 14.2 Å². The van der Waals surface area contributed by atoms with E-state index in [9.17, 15) is 14.4 Å². The number of unbranched alkanes of at least 4 members (excludes halogenated alkanes) is 2. The minimum Gasteiger partial charge on any atom is -0.493 e. The monoisotopic (exact) mass is 927 g/mol. The summed E-state index contributed by atoms with van der Waals surface area (Å²) in [5.41, 5.74) is 20.5. The number of nitrogen functional groups attached to an aromatic ring is 2. The summed E-state index contributed by atoms with van der Waals surface area (Å²) in [6.07, 6.45) is 4.05. The maximum absolute atomic E-state index is 14.3. The van der Waals surface area contributed by atoms with Gasteiger partial charge in [-0.05, 0) is 79.3 Å². The lowest BCUT2D eigenvalue weighted by Crippen LogP contribution is -2.51. The van der Waals surface area contributed by atoms with Gasteiger partial charge in [0.15, 0.2) is 29.2 Å². The molecule has 1 aliphatic carbocycles. The van der Waals surface area contributed by atoms with E-state index in [1.165, 1.54) is 14.2 Å². The number of rotatable bonds is 16. The highest BCUT2D eigenvalue weighted by atomic mass is 16.6. The quantitative estimate of drug-likeness (QED) is 0.0634. The molecule has 4 N–H and O–H groups in total. The van der Waals surface area contributed by atoms with Crippen molar-refractivity contribution in [1.82, 2.24) is 14.7 Å². The first kappa shape index (κ1) is 46.4. The summed E-state index contributed by atoms with van der Waals surface area (Å²) >= 11 is 0. The topological polar surface area (TPSA) is 178 Å². The number of carbonyl (C=O) groups excluding carboxylic acids is 3. The highest BCUT2D eigenvalue weighted by Gasteiger charge is 2.46. The third-order valence-electron chi connectivity index (χ3n) is 13.8. The van der Waals surface area contributed by atoms with Crippen LogP contribution in [0, 0.1) is 0 Å². The van der Waals surface area contributed by atoms with E-state index in [2.05, 4.69) is 37.4 Å². The van der Waals surface area contributed by atoms with Gasteiger partial charge in [0.05, 0.1) is 69.9 Å². The second kappa shape index (κ2) is 20.3. The first-order chi connectivity index (χ1) is 33.0. The maximum Gasteiger partial charge on any atom is 0.412 e. The Bertz CT molecular complexity index is 2530. The number of benzene rings is 4. The first-order valence-electron chi connectivity index (χ1n) is 23.5. The standard InChI is InChI=1S/C53H61N5O10/c1-32-23-43(45-17-12-21-64-45)57(29-32)50(59)38-25-46(62-3)48(27-41(38)54)65-19-10-5-11-20-66-49-28-42(55)39(26-47(49)63-4)51(60)58-30-33(2)24-44(58)52-56(18-22-67-52)53(61)68-31-40-36-15-8-6-13-34(36)35-14-7-9-16-37(35)40/h6-9,13-16,25-28,40,43-45,52H,1-2,5,10-12,17-24,29-31,54-55H2,3-4H3/t43-,44-,45?,52?/m0/s1. The number of hydrogen-bond donors (Lipinski definition) is 2. The van der Waals surface area contributed by atoms with Crippen LogP contribution in [0.25, 0.3) is 11.1 Å². The number of likely N-dealkylation sites (tertiary alicyclic amines) is 2. The zero-order valence-corrected chi connectivity index (χ0v) is 38.9. The Hall–Kier alpha value is -6.71. The summed E-state index contributed by atoms with van der Waals surface area (Å²) in [7, 11) is 3.05. The molecule has 4 fully saturated rings. The Morgan fingerprint density at radius 1 is 0.676 bits per heavy atom. The number of hydrogen-bond acceptors (Lipinski definition) is 12. The molecule has 358 valence electrons. The molecule has 0 aromatic heterocycles. The van der Waals surface area contributed by atoms with Crippen molar-refractivity contribution in [2.75, 3.05) is 78.4 Å². The lowest BCUT2D eigenvalue weighted by molar-refractivity contribution is -0.0211. The van der Waals surface area contributed by atoms with Crippen molar-refractivity contribution in [3.8, 4) is 34.1 Å². The molecule has 0 saturated carbocycles. The van der Waals surface area contributed by atoms with E-state index in [1.807, 2.05) is 29.2 Å². The number of carbonyl (C=O) groups is 3. The summed E-state index contributed by atoms with van der Waals surface area (Å²) in [6, 6.07) is 22.4. The third-order valence-corrected chi connectivity index (χ3v) is 13.8. The molecular weight excluding hydrogens is 867 g/mol. The minimum atomic E-state index is -0.729. The minimum absolute atomic E-state index is 0.000339. The molecule has 4 saturated heterocycles. The van der Waals surface area contributed by atoms with Gasteiger partial charge in [0.25, 0.3) is 11.8 Å². The van der Waals surface area contributed by atoms with E-state index in [4.69, 9.17) is 44.6 Å². The van der Waals surface area contributed by atoms with Crippen molar-refractivity contribution in [2.24, 2.45) is 0 Å². The predicted octanol–water partition coefficient (Wildman–Crippen LogP) is 7.82. The molecule has 0 radical (unpaired) electrons. The van der Waals surface area contributed by atoms with E-state index in [1.54, 1.807) is 34.1 Å². The van der Waals surface area contributed by atoms with E-state index < -0.39 is 18.4 Å². The molecule has 0 spiro atoms. The largest absolute Gasteiger partial charge is 0.493 e. The Labute approximate surface area is 397 Å². The molecule has 15 heteroatoms. The second-order valence-corrected chi connectivity index (χ2v) is 18.2.